The van der Waals surface area contributed by atoms with E-state index in [-0.39, 0.29) is 0 Å². The summed E-state index contributed by atoms with van der Waals surface area (Å²) in [6, 6.07) is 66.0. The van der Waals surface area contributed by atoms with Gasteiger partial charge in [-0.1, -0.05) is 194 Å². The van der Waals surface area contributed by atoms with Crippen LogP contribution in [-0.2, 0) is 0 Å². The molecule has 0 N–H and O–H groups in total. The van der Waals surface area contributed by atoms with E-state index in [1.807, 2.05) is 0 Å². The first-order chi connectivity index (χ1) is 23.8. The summed E-state index contributed by atoms with van der Waals surface area (Å²) in [6.45, 7) is 0. The minimum atomic E-state index is 1.18. The largest absolute Gasteiger partial charge is 0.0622 e. The van der Waals surface area contributed by atoms with Gasteiger partial charge in [0.1, 0.15) is 0 Å². The molecule has 0 heterocycles. The standard InChI is InChI=1S/C48H32/c1-2-14-36(15-3-1)47-43-20-8-10-22-45(43)48(46-23-11-9-21-44(46)47)37-29-26-33(27-30-37)25-28-35-31-32-42(40-19-7-6-18-39(35)40)41-24-12-16-34-13-4-5-17-38(34)41/h1-32H. The zero-order valence-corrected chi connectivity index (χ0v) is 26.5. The lowest BCUT2D eigenvalue weighted by molar-refractivity contribution is 1.63. The predicted molar refractivity (Wildman–Crippen MR) is 208 cm³/mol. The second kappa shape index (κ2) is 11.8. The summed E-state index contributed by atoms with van der Waals surface area (Å²) in [7, 11) is 0. The summed E-state index contributed by atoms with van der Waals surface area (Å²) < 4.78 is 0. The zero-order chi connectivity index (χ0) is 31.9. The molecule has 0 radical (unpaired) electrons. The third kappa shape index (κ3) is 4.78. The third-order valence-electron chi connectivity index (χ3n) is 9.69. The number of hydrogen-bond acceptors (Lipinski definition) is 0. The van der Waals surface area contributed by atoms with E-state index in [1.54, 1.807) is 0 Å². The molecule has 0 atom stereocenters. The van der Waals surface area contributed by atoms with Crippen LogP contribution in [0, 0.1) is 0 Å². The Hall–Kier alpha value is -6.24. The third-order valence-corrected chi connectivity index (χ3v) is 9.69. The molecule has 0 saturated carbocycles. The second-order valence-corrected chi connectivity index (χ2v) is 12.4. The van der Waals surface area contributed by atoms with E-state index < -0.39 is 0 Å². The van der Waals surface area contributed by atoms with Gasteiger partial charge in [0.2, 0.25) is 0 Å². The highest BCUT2D eigenvalue weighted by Gasteiger charge is 2.16. The Morgan fingerprint density at radius 1 is 0.271 bits per heavy atom. The smallest absolute Gasteiger partial charge is 0.00264 e. The second-order valence-electron chi connectivity index (χ2n) is 12.4. The SMILES string of the molecule is C(=Cc1ccc(-c2cccc3ccccc23)c2ccccc12)c1ccc(-c2c3ccccc3c(-c3ccccc3)c3ccccc23)cc1. The van der Waals surface area contributed by atoms with Gasteiger partial charge >= 0.3 is 0 Å². The summed E-state index contributed by atoms with van der Waals surface area (Å²) in [5.41, 5.74) is 9.98. The average molecular weight is 609 g/mol. The van der Waals surface area contributed by atoms with E-state index in [9.17, 15) is 0 Å². The van der Waals surface area contributed by atoms with Crippen molar-refractivity contribution in [2.24, 2.45) is 0 Å². The van der Waals surface area contributed by atoms with Crippen molar-refractivity contribution >= 4 is 55.2 Å². The number of rotatable bonds is 5. The van der Waals surface area contributed by atoms with Crippen LogP contribution in [0.1, 0.15) is 11.1 Å². The topological polar surface area (TPSA) is 0 Å². The highest BCUT2D eigenvalue weighted by atomic mass is 14.2. The first-order valence-electron chi connectivity index (χ1n) is 16.6. The van der Waals surface area contributed by atoms with Gasteiger partial charge in [-0.2, -0.15) is 0 Å². The van der Waals surface area contributed by atoms with Crippen LogP contribution in [0.15, 0.2) is 182 Å². The molecule has 224 valence electrons. The average Bonchev–Trinajstić information content (AvgIpc) is 3.16. The van der Waals surface area contributed by atoms with Crippen molar-refractivity contribution in [1.29, 1.82) is 0 Å². The molecule has 0 aliphatic carbocycles. The van der Waals surface area contributed by atoms with Gasteiger partial charge < -0.3 is 0 Å². The van der Waals surface area contributed by atoms with Gasteiger partial charge in [-0.3, -0.25) is 0 Å². The number of hydrogen-bond donors (Lipinski definition) is 0. The highest BCUT2D eigenvalue weighted by Crippen LogP contribution is 2.43. The van der Waals surface area contributed by atoms with Crippen molar-refractivity contribution in [1.82, 2.24) is 0 Å². The van der Waals surface area contributed by atoms with Crippen molar-refractivity contribution in [2.45, 2.75) is 0 Å². The van der Waals surface area contributed by atoms with E-state index in [0.29, 0.717) is 0 Å². The molecule has 9 aromatic carbocycles. The Morgan fingerprint density at radius 3 is 1.40 bits per heavy atom. The van der Waals surface area contributed by atoms with Crippen LogP contribution in [0.3, 0.4) is 0 Å². The Labute approximate surface area is 280 Å². The van der Waals surface area contributed by atoms with Crippen LogP contribution in [-0.4, -0.2) is 0 Å². The molecule has 0 unspecified atom stereocenters. The Bertz CT molecular complexity index is 2580. The summed E-state index contributed by atoms with van der Waals surface area (Å²) in [5, 5.41) is 10.2. The van der Waals surface area contributed by atoms with Crippen molar-refractivity contribution in [3.8, 4) is 33.4 Å². The lowest BCUT2D eigenvalue weighted by Crippen LogP contribution is -1.90. The minimum absolute atomic E-state index is 1.18. The molecule has 48 heavy (non-hydrogen) atoms. The molecule has 0 bridgehead atoms. The first kappa shape index (κ1) is 28.0. The molecule has 0 aromatic heterocycles. The number of benzene rings is 9. The van der Waals surface area contributed by atoms with Crippen LogP contribution >= 0.6 is 0 Å². The molecule has 0 amide bonds. The Kier molecular flexibility index (Phi) is 6.91. The lowest BCUT2D eigenvalue weighted by atomic mass is 9.86. The van der Waals surface area contributed by atoms with E-state index in [2.05, 4.69) is 194 Å². The van der Waals surface area contributed by atoms with Crippen LogP contribution in [0.4, 0.5) is 0 Å². The maximum Gasteiger partial charge on any atom is -0.00264 e. The predicted octanol–water partition coefficient (Wildman–Crippen LogP) is 13.5. The van der Waals surface area contributed by atoms with Crippen molar-refractivity contribution in [3.05, 3.63) is 193 Å². The normalized spacial score (nSPS) is 11.7. The van der Waals surface area contributed by atoms with Gasteiger partial charge in [-0.25, -0.2) is 0 Å². The Balaban J connectivity index is 1.11. The van der Waals surface area contributed by atoms with E-state index >= 15 is 0 Å². The van der Waals surface area contributed by atoms with Gasteiger partial charge in [0.15, 0.2) is 0 Å². The quantitative estimate of drug-likeness (QED) is 0.135. The molecule has 0 heteroatoms. The monoisotopic (exact) mass is 608 g/mol. The van der Waals surface area contributed by atoms with Gasteiger partial charge in [0, 0.05) is 0 Å². The van der Waals surface area contributed by atoms with Gasteiger partial charge in [0.05, 0.1) is 0 Å². The summed E-state index contributed by atoms with van der Waals surface area (Å²) in [6.07, 6.45) is 4.49. The van der Waals surface area contributed by atoms with Crippen LogP contribution in [0.25, 0.3) is 88.6 Å². The van der Waals surface area contributed by atoms with E-state index in [1.165, 1.54) is 87.6 Å². The molecule has 0 saturated heterocycles. The maximum absolute atomic E-state index is 2.28. The van der Waals surface area contributed by atoms with E-state index in [0.717, 1.165) is 0 Å². The zero-order valence-electron chi connectivity index (χ0n) is 26.5. The van der Waals surface area contributed by atoms with Crippen LogP contribution in [0.2, 0.25) is 0 Å². The fraction of sp³-hybridized carbons (Fsp3) is 0. The first-order valence-corrected chi connectivity index (χ1v) is 16.6. The molecule has 0 spiro atoms. The lowest BCUT2D eigenvalue weighted by Gasteiger charge is -2.17. The molecule has 0 aliphatic heterocycles. The summed E-state index contributed by atoms with van der Waals surface area (Å²) >= 11 is 0. The molecule has 0 nitrogen and oxygen atoms in total. The molecule has 9 aromatic rings. The molecular weight excluding hydrogens is 577 g/mol. The maximum atomic E-state index is 2.28. The van der Waals surface area contributed by atoms with Crippen molar-refractivity contribution in [3.63, 3.8) is 0 Å². The van der Waals surface area contributed by atoms with Crippen LogP contribution < -0.4 is 0 Å². The minimum Gasteiger partial charge on any atom is -0.0622 e. The van der Waals surface area contributed by atoms with Crippen molar-refractivity contribution < 1.29 is 0 Å². The molecule has 0 fully saturated rings. The van der Waals surface area contributed by atoms with Crippen LogP contribution in [0.5, 0.6) is 0 Å². The van der Waals surface area contributed by atoms with Gasteiger partial charge in [-0.15, -0.1) is 0 Å². The van der Waals surface area contributed by atoms with Gasteiger partial charge in [-0.05, 0) is 87.6 Å². The molecular formula is C48H32. The van der Waals surface area contributed by atoms with Gasteiger partial charge in [0.25, 0.3) is 0 Å². The fourth-order valence-electron chi connectivity index (χ4n) is 7.47. The van der Waals surface area contributed by atoms with Crippen molar-refractivity contribution in [2.75, 3.05) is 0 Å². The Morgan fingerprint density at radius 2 is 0.750 bits per heavy atom. The number of fused-ring (bicyclic) bond motifs is 4. The highest BCUT2D eigenvalue weighted by molar-refractivity contribution is 6.21. The van der Waals surface area contributed by atoms with E-state index in [4.69, 9.17) is 0 Å². The summed E-state index contributed by atoms with van der Waals surface area (Å²) in [5.74, 6) is 0. The fourth-order valence-corrected chi connectivity index (χ4v) is 7.47. The molecule has 0 aliphatic rings. The molecule has 9 rings (SSSR count). The summed E-state index contributed by atoms with van der Waals surface area (Å²) in [4.78, 5) is 0.